The van der Waals surface area contributed by atoms with Crippen molar-refractivity contribution in [3.63, 3.8) is 0 Å². The number of carbonyl (C=O) groups excluding carboxylic acids is 1. The average Bonchev–Trinajstić information content (AvgIpc) is 2.34. The topological polar surface area (TPSA) is 41.1 Å². The van der Waals surface area contributed by atoms with Crippen LogP contribution in [0.15, 0.2) is 0 Å². The average molecular weight is 244 g/mol. The van der Waals surface area contributed by atoms with Gasteiger partial charge in [-0.15, -0.1) is 0 Å². The molecule has 0 aromatic rings. The Bertz CT molecular complexity index is 138. The molecule has 0 heterocycles. The van der Waals surface area contributed by atoms with Crippen molar-refractivity contribution in [1.82, 2.24) is 10.6 Å². The molecule has 0 fully saturated rings. The van der Waals surface area contributed by atoms with E-state index in [4.69, 9.17) is 0 Å². The Balaban J connectivity index is 0. The molecule has 17 heavy (non-hydrogen) atoms. The number of carbonyl (C=O) groups is 1. The van der Waals surface area contributed by atoms with Crippen LogP contribution in [0.25, 0.3) is 0 Å². The summed E-state index contributed by atoms with van der Waals surface area (Å²) in [7, 11) is 0. The van der Waals surface area contributed by atoms with Gasteiger partial charge >= 0.3 is 0 Å². The fourth-order valence-corrected chi connectivity index (χ4v) is 1.51. The van der Waals surface area contributed by atoms with Gasteiger partial charge in [0.2, 0.25) is 6.41 Å². The van der Waals surface area contributed by atoms with Crippen molar-refractivity contribution in [2.75, 3.05) is 13.1 Å². The van der Waals surface area contributed by atoms with Crippen LogP contribution in [0.5, 0.6) is 0 Å². The van der Waals surface area contributed by atoms with Gasteiger partial charge in [0.1, 0.15) is 0 Å². The molecule has 3 heteroatoms. The molecule has 0 radical (unpaired) electrons. The molecule has 0 aliphatic rings. The smallest absolute Gasteiger partial charge is 0.207 e. The first kappa shape index (κ1) is 18.8. The molecule has 0 unspecified atom stereocenters. The van der Waals surface area contributed by atoms with Gasteiger partial charge in [0.15, 0.2) is 0 Å². The highest BCUT2D eigenvalue weighted by molar-refractivity contribution is 5.45. The van der Waals surface area contributed by atoms with Crippen molar-refractivity contribution in [2.45, 2.75) is 72.3 Å². The molecule has 0 saturated heterocycles. The Morgan fingerprint density at radius 2 is 1.35 bits per heavy atom. The molecule has 0 aromatic carbocycles. The van der Waals surface area contributed by atoms with Gasteiger partial charge in [0.25, 0.3) is 0 Å². The quantitative estimate of drug-likeness (QED) is 0.433. The lowest BCUT2D eigenvalue weighted by atomic mass is 10.1. The van der Waals surface area contributed by atoms with Crippen LogP contribution in [0.1, 0.15) is 66.2 Å². The number of nitrogens with one attached hydrogen (secondary N) is 2. The third-order valence-electron chi connectivity index (χ3n) is 2.38. The van der Waals surface area contributed by atoms with E-state index in [0.717, 1.165) is 25.9 Å². The molecule has 0 rings (SSSR count). The minimum absolute atomic E-state index is 0.611. The summed E-state index contributed by atoms with van der Waals surface area (Å²) in [5.74, 6) is 0. The maximum atomic E-state index is 9.95. The van der Waals surface area contributed by atoms with E-state index < -0.39 is 0 Å². The van der Waals surface area contributed by atoms with Crippen LogP contribution in [-0.2, 0) is 4.79 Å². The molecular weight excluding hydrogens is 212 g/mol. The van der Waals surface area contributed by atoms with E-state index in [0.29, 0.717) is 6.04 Å². The van der Waals surface area contributed by atoms with Crippen LogP contribution < -0.4 is 10.6 Å². The van der Waals surface area contributed by atoms with Crippen LogP contribution in [0.2, 0.25) is 0 Å². The lowest BCUT2D eigenvalue weighted by Crippen LogP contribution is -2.23. The minimum atomic E-state index is 0.611. The zero-order chi connectivity index (χ0) is 13.4. The number of hydrogen-bond donors (Lipinski definition) is 2. The van der Waals surface area contributed by atoms with E-state index in [1.165, 1.54) is 32.1 Å². The van der Waals surface area contributed by atoms with Gasteiger partial charge in [0, 0.05) is 12.6 Å². The lowest BCUT2D eigenvalue weighted by Gasteiger charge is -2.07. The highest BCUT2D eigenvalue weighted by atomic mass is 16.1. The maximum Gasteiger partial charge on any atom is 0.207 e. The Hall–Kier alpha value is -0.570. The van der Waals surface area contributed by atoms with Crippen LogP contribution in [0.3, 0.4) is 0 Å². The van der Waals surface area contributed by atoms with Crippen molar-refractivity contribution < 1.29 is 4.79 Å². The summed E-state index contributed by atoms with van der Waals surface area (Å²) >= 11 is 0. The second-order valence-corrected chi connectivity index (χ2v) is 4.30. The van der Waals surface area contributed by atoms with Gasteiger partial charge in [-0.1, -0.05) is 53.4 Å². The predicted octanol–water partition coefficient (Wildman–Crippen LogP) is 3.10. The summed E-state index contributed by atoms with van der Waals surface area (Å²) in [4.78, 5) is 9.95. The van der Waals surface area contributed by atoms with E-state index in [9.17, 15) is 4.79 Å². The van der Waals surface area contributed by atoms with Crippen molar-refractivity contribution >= 4 is 6.41 Å². The van der Waals surface area contributed by atoms with Crippen LogP contribution in [0, 0.1) is 0 Å². The third kappa shape index (κ3) is 21.3. The Labute approximate surface area is 108 Å². The summed E-state index contributed by atoms with van der Waals surface area (Å²) in [6.45, 7) is 10.3. The summed E-state index contributed by atoms with van der Waals surface area (Å²) < 4.78 is 0. The Morgan fingerprint density at radius 1 is 0.882 bits per heavy atom. The second-order valence-electron chi connectivity index (χ2n) is 4.30. The van der Waals surface area contributed by atoms with Crippen molar-refractivity contribution in [3.05, 3.63) is 0 Å². The second kappa shape index (κ2) is 17.8. The van der Waals surface area contributed by atoms with Gasteiger partial charge in [-0.3, -0.25) is 4.79 Å². The Morgan fingerprint density at radius 3 is 1.82 bits per heavy atom. The third-order valence-corrected chi connectivity index (χ3v) is 2.38. The highest BCUT2D eigenvalue weighted by Crippen LogP contribution is 2.04. The largest absolute Gasteiger partial charge is 0.359 e. The lowest BCUT2D eigenvalue weighted by molar-refractivity contribution is -0.109. The number of hydrogen-bond acceptors (Lipinski definition) is 2. The number of amides is 1. The molecule has 0 spiro atoms. The maximum absolute atomic E-state index is 9.95. The van der Waals surface area contributed by atoms with Gasteiger partial charge < -0.3 is 10.6 Å². The monoisotopic (exact) mass is 244 g/mol. The predicted molar refractivity (Wildman–Crippen MR) is 76.3 cm³/mol. The first-order chi connectivity index (χ1) is 8.27. The standard InChI is InChI=1S/C12H26N2O.C2H6/c1-12(2)14-10-8-6-4-3-5-7-9-13-11-15;1-2/h11-12,14H,3-10H2,1-2H3,(H,13,15);1-2H3. The minimum Gasteiger partial charge on any atom is -0.359 e. The van der Waals surface area contributed by atoms with Crippen LogP contribution in [-0.4, -0.2) is 25.5 Å². The summed E-state index contributed by atoms with van der Waals surface area (Å²) in [5.41, 5.74) is 0. The zero-order valence-corrected chi connectivity index (χ0v) is 12.2. The van der Waals surface area contributed by atoms with E-state index >= 15 is 0 Å². The summed E-state index contributed by atoms with van der Waals surface area (Å²) in [6, 6.07) is 0.611. The van der Waals surface area contributed by atoms with E-state index in [2.05, 4.69) is 24.5 Å². The van der Waals surface area contributed by atoms with E-state index in [1.54, 1.807) is 0 Å². The molecule has 3 nitrogen and oxygen atoms in total. The molecule has 0 aliphatic carbocycles. The first-order valence-corrected chi connectivity index (χ1v) is 7.17. The first-order valence-electron chi connectivity index (χ1n) is 7.17. The fraction of sp³-hybridized carbons (Fsp3) is 0.929. The van der Waals surface area contributed by atoms with Crippen molar-refractivity contribution in [1.29, 1.82) is 0 Å². The molecule has 0 atom stereocenters. The van der Waals surface area contributed by atoms with Gasteiger partial charge in [-0.2, -0.15) is 0 Å². The van der Waals surface area contributed by atoms with Crippen molar-refractivity contribution in [2.24, 2.45) is 0 Å². The highest BCUT2D eigenvalue weighted by Gasteiger charge is 1.93. The van der Waals surface area contributed by atoms with Gasteiger partial charge in [0.05, 0.1) is 0 Å². The van der Waals surface area contributed by atoms with Gasteiger partial charge in [-0.05, 0) is 19.4 Å². The molecule has 1 amide bonds. The number of unbranched alkanes of at least 4 members (excludes halogenated alkanes) is 5. The molecule has 0 bridgehead atoms. The zero-order valence-electron chi connectivity index (χ0n) is 12.2. The summed E-state index contributed by atoms with van der Waals surface area (Å²) in [5, 5.41) is 6.10. The summed E-state index contributed by atoms with van der Waals surface area (Å²) in [6.07, 6.45) is 8.34. The van der Waals surface area contributed by atoms with Crippen LogP contribution >= 0.6 is 0 Å². The molecule has 104 valence electrons. The normalized spacial score (nSPS) is 9.71. The number of rotatable bonds is 11. The molecule has 0 aromatic heterocycles. The SMILES string of the molecule is CC.CC(C)NCCCCCCCCNC=O. The molecule has 2 N–H and O–H groups in total. The van der Waals surface area contributed by atoms with E-state index in [-0.39, 0.29) is 0 Å². The molecular formula is C14H32N2O. The molecule has 0 saturated carbocycles. The Kier molecular flexibility index (Phi) is 19.7. The van der Waals surface area contributed by atoms with E-state index in [1.807, 2.05) is 13.8 Å². The molecule has 0 aliphatic heterocycles. The van der Waals surface area contributed by atoms with Crippen molar-refractivity contribution in [3.8, 4) is 0 Å². The fourth-order valence-electron chi connectivity index (χ4n) is 1.51. The van der Waals surface area contributed by atoms with Gasteiger partial charge in [-0.25, -0.2) is 0 Å². The van der Waals surface area contributed by atoms with Crippen LogP contribution in [0.4, 0.5) is 0 Å².